The second kappa shape index (κ2) is 6.71. The summed E-state index contributed by atoms with van der Waals surface area (Å²) >= 11 is 0. The van der Waals surface area contributed by atoms with Crippen LogP contribution >= 0.6 is 0 Å². The van der Waals surface area contributed by atoms with E-state index in [1.165, 1.54) is 4.90 Å². The second-order valence-corrected chi connectivity index (χ2v) is 9.91. The molecule has 1 aromatic heterocycles. The third-order valence-corrected chi connectivity index (χ3v) is 6.21. The number of urea groups is 1. The summed E-state index contributed by atoms with van der Waals surface area (Å²) in [6, 6.07) is 2.52. The summed E-state index contributed by atoms with van der Waals surface area (Å²) < 4.78 is 5.88. The van der Waals surface area contributed by atoms with E-state index in [4.69, 9.17) is 10.5 Å². The Hall–Kier alpha value is -2.64. The molecule has 1 spiro atoms. The predicted octanol–water partition coefficient (Wildman–Crippen LogP) is 2.23. The van der Waals surface area contributed by atoms with Gasteiger partial charge in [-0.2, -0.15) is 0 Å². The van der Waals surface area contributed by atoms with E-state index in [2.05, 4.69) is 31.1 Å². The first-order chi connectivity index (χ1) is 13.6. The summed E-state index contributed by atoms with van der Waals surface area (Å²) in [5.74, 6) is -0.388. The number of nitrogens with two attached hydrogens (primary N) is 1. The van der Waals surface area contributed by atoms with Crippen LogP contribution in [-0.4, -0.2) is 45.9 Å². The van der Waals surface area contributed by atoms with Crippen LogP contribution in [0.1, 0.15) is 63.2 Å². The van der Waals surface area contributed by atoms with Gasteiger partial charge in [0.05, 0.1) is 0 Å². The number of primary amides is 1. The second-order valence-electron chi connectivity index (χ2n) is 9.91. The molecule has 0 unspecified atom stereocenters. The number of carbonyl (C=O) groups is 3. The number of amides is 4. The number of aromatic nitrogens is 1. The molecule has 2 aliphatic carbocycles. The molecule has 8 heteroatoms. The van der Waals surface area contributed by atoms with Gasteiger partial charge in [-0.3, -0.25) is 14.5 Å². The summed E-state index contributed by atoms with van der Waals surface area (Å²) in [5, 5.41) is 2.84. The summed E-state index contributed by atoms with van der Waals surface area (Å²) in [4.78, 5) is 42.1. The van der Waals surface area contributed by atoms with Crippen LogP contribution in [0, 0.1) is 10.8 Å². The number of imide groups is 1. The topological polar surface area (TPSA) is 115 Å². The van der Waals surface area contributed by atoms with Gasteiger partial charge in [0.15, 0.2) is 0 Å². The SMILES string of the molecule is CC(C)(C)C[C@@H]1NC(=O)N([C@H]2CC3(C[C@H](Oc4ncccc4C(N)=O)C3)C2)C1=O. The van der Waals surface area contributed by atoms with Gasteiger partial charge in [0, 0.05) is 12.2 Å². The average molecular weight is 400 g/mol. The fourth-order valence-electron chi connectivity index (χ4n) is 4.92. The van der Waals surface area contributed by atoms with Crippen molar-refractivity contribution in [3.63, 3.8) is 0 Å². The number of rotatable bonds is 5. The Morgan fingerprint density at radius 1 is 1.31 bits per heavy atom. The molecule has 3 aliphatic rings. The van der Waals surface area contributed by atoms with Crippen molar-refractivity contribution in [3.05, 3.63) is 23.9 Å². The number of nitrogens with one attached hydrogen (secondary N) is 1. The van der Waals surface area contributed by atoms with Gasteiger partial charge in [0.1, 0.15) is 17.7 Å². The molecule has 3 fully saturated rings. The molecular weight excluding hydrogens is 372 g/mol. The minimum absolute atomic E-state index is 0.0271. The van der Waals surface area contributed by atoms with Crippen LogP contribution < -0.4 is 15.8 Å². The van der Waals surface area contributed by atoms with Crippen LogP contribution in [0.5, 0.6) is 5.88 Å². The maximum absolute atomic E-state index is 12.7. The number of hydrogen-bond donors (Lipinski definition) is 2. The smallest absolute Gasteiger partial charge is 0.325 e. The van der Waals surface area contributed by atoms with Crippen LogP contribution in [0.4, 0.5) is 4.79 Å². The van der Waals surface area contributed by atoms with E-state index < -0.39 is 11.9 Å². The quantitative estimate of drug-likeness (QED) is 0.736. The zero-order valence-electron chi connectivity index (χ0n) is 17.1. The van der Waals surface area contributed by atoms with Gasteiger partial charge in [-0.1, -0.05) is 20.8 Å². The molecule has 0 radical (unpaired) electrons. The van der Waals surface area contributed by atoms with Crippen LogP contribution in [0.2, 0.25) is 0 Å². The van der Waals surface area contributed by atoms with Gasteiger partial charge in [0.25, 0.3) is 11.8 Å². The van der Waals surface area contributed by atoms with Crippen molar-refractivity contribution in [2.75, 3.05) is 0 Å². The molecular formula is C21H28N4O4. The molecule has 1 saturated heterocycles. The summed E-state index contributed by atoms with van der Waals surface area (Å²) in [6.45, 7) is 6.19. The minimum atomic E-state index is -0.561. The van der Waals surface area contributed by atoms with Crippen LogP contribution in [0.25, 0.3) is 0 Å². The standard InChI is InChI=1S/C21H28N4O4/c1-20(2,3)11-15-18(27)25(19(28)24-15)12-7-21(8-12)9-13(10-21)29-17-14(16(22)26)5-4-6-23-17/h4-6,12-13,15H,7-11H2,1-3H3,(H2,22,26)(H,24,28)/t12-,13-,15-,21?/m0/s1. The van der Waals surface area contributed by atoms with E-state index in [1.807, 2.05) is 0 Å². The first kappa shape index (κ1) is 19.7. The third kappa shape index (κ3) is 3.68. The van der Waals surface area contributed by atoms with Gasteiger partial charge in [-0.25, -0.2) is 9.78 Å². The molecule has 4 amide bonds. The lowest BCUT2D eigenvalue weighted by Gasteiger charge is -2.58. The van der Waals surface area contributed by atoms with Crippen molar-refractivity contribution in [1.29, 1.82) is 0 Å². The fourth-order valence-corrected chi connectivity index (χ4v) is 4.92. The molecule has 4 rings (SSSR count). The average Bonchev–Trinajstić information content (AvgIpc) is 2.81. The van der Waals surface area contributed by atoms with Gasteiger partial charge in [0.2, 0.25) is 5.88 Å². The largest absolute Gasteiger partial charge is 0.474 e. The lowest BCUT2D eigenvalue weighted by atomic mass is 9.52. The normalized spacial score (nSPS) is 31.3. The van der Waals surface area contributed by atoms with Crippen molar-refractivity contribution in [1.82, 2.24) is 15.2 Å². The maximum Gasteiger partial charge on any atom is 0.325 e. The van der Waals surface area contributed by atoms with Crippen LogP contribution in [-0.2, 0) is 4.79 Å². The fraction of sp³-hybridized carbons (Fsp3) is 0.619. The monoisotopic (exact) mass is 400 g/mol. The molecule has 0 aromatic carbocycles. The molecule has 0 bridgehead atoms. The van der Waals surface area contributed by atoms with Crippen molar-refractivity contribution in [2.45, 2.75) is 71.1 Å². The molecule has 3 N–H and O–H groups in total. The first-order valence-electron chi connectivity index (χ1n) is 10.1. The highest BCUT2D eigenvalue weighted by atomic mass is 16.5. The van der Waals surface area contributed by atoms with E-state index in [1.54, 1.807) is 18.3 Å². The maximum atomic E-state index is 12.7. The number of nitrogens with zero attached hydrogens (tertiary/aromatic N) is 2. The highest BCUT2D eigenvalue weighted by Crippen LogP contribution is 2.58. The minimum Gasteiger partial charge on any atom is -0.474 e. The Labute approximate surface area is 170 Å². The lowest BCUT2D eigenvalue weighted by molar-refractivity contribution is -0.141. The number of ether oxygens (including phenoxy) is 1. The van der Waals surface area contributed by atoms with Gasteiger partial charge < -0.3 is 15.8 Å². The highest BCUT2D eigenvalue weighted by Gasteiger charge is 2.58. The molecule has 1 atom stereocenters. The molecule has 1 aromatic rings. The Bertz CT molecular complexity index is 848. The Morgan fingerprint density at radius 2 is 2.00 bits per heavy atom. The number of carbonyl (C=O) groups excluding carboxylic acids is 3. The molecule has 156 valence electrons. The molecule has 1 aliphatic heterocycles. The Morgan fingerprint density at radius 3 is 2.62 bits per heavy atom. The molecule has 2 saturated carbocycles. The molecule has 29 heavy (non-hydrogen) atoms. The Kier molecular flexibility index (Phi) is 4.55. The zero-order chi connectivity index (χ0) is 21.0. The van der Waals surface area contributed by atoms with Crippen LogP contribution in [0.15, 0.2) is 18.3 Å². The zero-order valence-corrected chi connectivity index (χ0v) is 17.1. The van der Waals surface area contributed by atoms with E-state index in [-0.39, 0.29) is 46.4 Å². The van der Waals surface area contributed by atoms with Crippen molar-refractivity contribution < 1.29 is 19.1 Å². The molecule has 2 heterocycles. The van der Waals surface area contributed by atoms with Crippen molar-refractivity contribution in [2.24, 2.45) is 16.6 Å². The molecule has 8 nitrogen and oxygen atoms in total. The summed E-state index contributed by atoms with van der Waals surface area (Å²) in [7, 11) is 0. The van der Waals surface area contributed by atoms with E-state index >= 15 is 0 Å². The summed E-state index contributed by atoms with van der Waals surface area (Å²) in [5.41, 5.74) is 5.73. The summed E-state index contributed by atoms with van der Waals surface area (Å²) in [6.07, 6.45) is 5.44. The third-order valence-electron chi connectivity index (χ3n) is 6.21. The van der Waals surface area contributed by atoms with Crippen molar-refractivity contribution >= 4 is 17.8 Å². The van der Waals surface area contributed by atoms with E-state index in [9.17, 15) is 14.4 Å². The van der Waals surface area contributed by atoms with Gasteiger partial charge in [-0.15, -0.1) is 0 Å². The van der Waals surface area contributed by atoms with E-state index in [0.717, 1.165) is 25.7 Å². The van der Waals surface area contributed by atoms with Crippen molar-refractivity contribution in [3.8, 4) is 5.88 Å². The predicted molar refractivity (Wildman–Crippen MR) is 105 cm³/mol. The lowest BCUT2D eigenvalue weighted by Crippen LogP contribution is -2.60. The van der Waals surface area contributed by atoms with Crippen LogP contribution in [0.3, 0.4) is 0 Å². The number of pyridine rings is 1. The highest BCUT2D eigenvalue weighted by molar-refractivity contribution is 6.04. The van der Waals surface area contributed by atoms with E-state index in [0.29, 0.717) is 6.42 Å². The Balaban J connectivity index is 1.31. The van der Waals surface area contributed by atoms with Gasteiger partial charge >= 0.3 is 6.03 Å². The first-order valence-corrected chi connectivity index (χ1v) is 10.1. The number of hydrogen-bond acceptors (Lipinski definition) is 5. The van der Waals surface area contributed by atoms with Gasteiger partial charge in [-0.05, 0) is 55.1 Å².